The van der Waals surface area contributed by atoms with Gasteiger partial charge in [0.1, 0.15) is 5.75 Å². The van der Waals surface area contributed by atoms with Gasteiger partial charge in [-0.05, 0) is 55.0 Å². The van der Waals surface area contributed by atoms with Crippen LogP contribution >= 0.6 is 15.9 Å². The molecular formula is C15H15BrN2O2. The molecule has 0 aromatic heterocycles. The average Bonchev–Trinajstić information content (AvgIpc) is 2.41. The van der Waals surface area contributed by atoms with Gasteiger partial charge in [-0.3, -0.25) is 4.79 Å². The molecule has 1 amide bonds. The lowest BCUT2D eigenvalue weighted by Crippen LogP contribution is -2.20. The van der Waals surface area contributed by atoms with Gasteiger partial charge in [0.15, 0.2) is 6.61 Å². The second-order valence-electron chi connectivity index (χ2n) is 4.37. The van der Waals surface area contributed by atoms with E-state index in [1.165, 1.54) is 0 Å². The molecule has 5 heteroatoms. The fraction of sp³-hybridized carbons (Fsp3) is 0.133. The van der Waals surface area contributed by atoms with E-state index in [1.807, 2.05) is 25.1 Å². The highest BCUT2D eigenvalue weighted by Gasteiger charge is 2.06. The van der Waals surface area contributed by atoms with E-state index in [4.69, 9.17) is 10.5 Å². The number of rotatable bonds is 4. The number of hydrogen-bond acceptors (Lipinski definition) is 3. The van der Waals surface area contributed by atoms with Gasteiger partial charge < -0.3 is 15.8 Å². The lowest BCUT2D eigenvalue weighted by atomic mass is 10.2. The number of nitrogens with one attached hydrogen (secondary N) is 1. The van der Waals surface area contributed by atoms with Gasteiger partial charge in [-0.1, -0.05) is 15.9 Å². The summed E-state index contributed by atoms with van der Waals surface area (Å²) in [4.78, 5) is 11.8. The number of anilines is 2. The third-order valence-corrected chi connectivity index (χ3v) is 3.21. The molecular weight excluding hydrogens is 320 g/mol. The van der Waals surface area contributed by atoms with Gasteiger partial charge >= 0.3 is 0 Å². The Kier molecular flexibility index (Phi) is 4.63. The maximum atomic E-state index is 11.8. The molecule has 0 spiro atoms. The van der Waals surface area contributed by atoms with Crippen molar-refractivity contribution in [3.8, 4) is 5.75 Å². The van der Waals surface area contributed by atoms with Crippen LogP contribution in [0.4, 0.5) is 11.4 Å². The van der Waals surface area contributed by atoms with Crippen molar-refractivity contribution in [2.24, 2.45) is 0 Å². The fourth-order valence-electron chi connectivity index (χ4n) is 1.67. The first-order valence-electron chi connectivity index (χ1n) is 6.09. The van der Waals surface area contributed by atoms with Crippen LogP contribution in [0.3, 0.4) is 0 Å². The van der Waals surface area contributed by atoms with E-state index in [9.17, 15) is 4.79 Å². The molecule has 104 valence electrons. The van der Waals surface area contributed by atoms with Gasteiger partial charge in [0.2, 0.25) is 0 Å². The van der Waals surface area contributed by atoms with Crippen molar-refractivity contribution >= 4 is 33.2 Å². The van der Waals surface area contributed by atoms with Crippen LogP contribution < -0.4 is 15.8 Å². The zero-order chi connectivity index (χ0) is 14.5. The number of nitrogens with two attached hydrogens (primary N) is 1. The Morgan fingerprint density at radius 1 is 1.25 bits per heavy atom. The molecule has 20 heavy (non-hydrogen) atoms. The minimum absolute atomic E-state index is 0.0422. The van der Waals surface area contributed by atoms with Crippen LogP contribution in [-0.2, 0) is 4.79 Å². The largest absolute Gasteiger partial charge is 0.484 e. The molecule has 2 rings (SSSR count). The monoisotopic (exact) mass is 334 g/mol. The van der Waals surface area contributed by atoms with Crippen LogP contribution in [0.2, 0.25) is 0 Å². The molecule has 3 N–H and O–H groups in total. The molecule has 0 bridgehead atoms. The summed E-state index contributed by atoms with van der Waals surface area (Å²) in [6, 6.07) is 12.6. The van der Waals surface area contributed by atoms with Crippen LogP contribution in [-0.4, -0.2) is 12.5 Å². The lowest BCUT2D eigenvalue weighted by molar-refractivity contribution is -0.118. The van der Waals surface area contributed by atoms with Crippen LogP contribution in [0.1, 0.15) is 5.56 Å². The van der Waals surface area contributed by atoms with E-state index in [-0.39, 0.29) is 12.5 Å². The van der Waals surface area contributed by atoms with Crippen LogP contribution in [0.25, 0.3) is 0 Å². The smallest absolute Gasteiger partial charge is 0.262 e. The van der Waals surface area contributed by atoms with Crippen LogP contribution in [0.5, 0.6) is 5.75 Å². The van der Waals surface area contributed by atoms with Gasteiger partial charge in [0, 0.05) is 15.8 Å². The Balaban J connectivity index is 1.90. The Hall–Kier alpha value is -2.01. The quantitative estimate of drug-likeness (QED) is 0.842. The number of hydrogen-bond donors (Lipinski definition) is 2. The highest BCUT2D eigenvalue weighted by atomic mass is 79.9. The second-order valence-corrected chi connectivity index (χ2v) is 5.28. The first kappa shape index (κ1) is 14.4. The number of halogens is 1. The van der Waals surface area contributed by atoms with Crippen LogP contribution in [0, 0.1) is 6.92 Å². The minimum Gasteiger partial charge on any atom is -0.484 e. The van der Waals surface area contributed by atoms with E-state index in [2.05, 4.69) is 21.2 Å². The average molecular weight is 335 g/mol. The van der Waals surface area contributed by atoms with Crippen molar-refractivity contribution in [1.29, 1.82) is 0 Å². The molecule has 0 aliphatic rings. The van der Waals surface area contributed by atoms with Gasteiger partial charge in [0.25, 0.3) is 5.91 Å². The molecule has 4 nitrogen and oxygen atoms in total. The van der Waals surface area contributed by atoms with Crippen molar-refractivity contribution in [1.82, 2.24) is 0 Å². The fourth-order valence-corrected chi connectivity index (χ4v) is 2.14. The van der Waals surface area contributed by atoms with Gasteiger partial charge in [-0.2, -0.15) is 0 Å². The summed E-state index contributed by atoms with van der Waals surface area (Å²) in [7, 11) is 0. The zero-order valence-corrected chi connectivity index (χ0v) is 12.6. The summed E-state index contributed by atoms with van der Waals surface area (Å²) >= 11 is 3.38. The summed E-state index contributed by atoms with van der Waals surface area (Å²) in [5.74, 6) is 0.411. The summed E-state index contributed by atoms with van der Waals surface area (Å²) < 4.78 is 6.36. The van der Waals surface area contributed by atoms with E-state index in [0.29, 0.717) is 11.4 Å². The van der Waals surface area contributed by atoms with Crippen molar-refractivity contribution in [3.05, 3.63) is 52.5 Å². The van der Waals surface area contributed by atoms with E-state index < -0.39 is 0 Å². The van der Waals surface area contributed by atoms with Gasteiger partial charge in [0.05, 0.1) is 0 Å². The number of amides is 1. The summed E-state index contributed by atoms with van der Waals surface area (Å²) in [6.45, 7) is 1.89. The second kappa shape index (κ2) is 6.43. The molecule has 0 saturated carbocycles. The van der Waals surface area contributed by atoms with Gasteiger partial charge in [-0.15, -0.1) is 0 Å². The Morgan fingerprint density at radius 2 is 1.95 bits per heavy atom. The van der Waals surface area contributed by atoms with E-state index in [1.54, 1.807) is 24.3 Å². The number of aryl methyl sites for hydroxylation is 1. The molecule has 2 aromatic rings. The van der Waals surface area contributed by atoms with Crippen molar-refractivity contribution < 1.29 is 9.53 Å². The summed E-state index contributed by atoms with van der Waals surface area (Å²) in [6.07, 6.45) is 0. The molecule has 0 heterocycles. The molecule has 0 aliphatic heterocycles. The molecule has 0 atom stereocenters. The minimum atomic E-state index is -0.202. The SMILES string of the molecule is Cc1cc(Br)ccc1NC(=O)COc1ccc(N)cc1. The maximum absolute atomic E-state index is 11.8. The topological polar surface area (TPSA) is 64.3 Å². The van der Waals surface area contributed by atoms with Crippen molar-refractivity contribution in [2.45, 2.75) is 6.92 Å². The Bertz CT molecular complexity index is 612. The molecule has 0 saturated heterocycles. The Morgan fingerprint density at radius 3 is 2.60 bits per heavy atom. The maximum Gasteiger partial charge on any atom is 0.262 e. The standard InChI is InChI=1S/C15H15BrN2O2/c1-10-8-11(16)2-7-14(10)18-15(19)9-20-13-5-3-12(17)4-6-13/h2-8H,9,17H2,1H3,(H,18,19). The zero-order valence-electron chi connectivity index (χ0n) is 11.0. The predicted octanol–water partition coefficient (Wildman–Crippen LogP) is 3.36. The molecule has 0 radical (unpaired) electrons. The molecule has 0 fully saturated rings. The first-order valence-corrected chi connectivity index (χ1v) is 6.88. The highest BCUT2D eigenvalue weighted by Crippen LogP contribution is 2.20. The number of benzene rings is 2. The third kappa shape index (κ3) is 3.99. The molecule has 2 aromatic carbocycles. The lowest BCUT2D eigenvalue weighted by Gasteiger charge is -2.10. The normalized spacial score (nSPS) is 10.1. The van der Waals surface area contributed by atoms with Gasteiger partial charge in [-0.25, -0.2) is 0 Å². The first-order chi connectivity index (χ1) is 9.54. The number of nitrogen functional groups attached to an aromatic ring is 1. The number of carbonyl (C=O) groups excluding carboxylic acids is 1. The number of ether oxygens (including phenoxy) is 1. The number of carbonyl (C=O) groups is 1. The Labute approximate surface area is 126 Å². The molecule has 0 unspecified atom stereocenters. The summed E-state index contributed by atoms with van der Waals surface area (Å²) in [5.41, 5.74) is 8.00. The van der Waals surface area contributed by atoms with Crippen molar-refractivity contribution in [3.63, 3.8) is 0 Å². The van der Waals surface area contributed by atoms with Crippen molar-refractivity contribution in [2.75, 3.05) is 17.7 Å². The third-order valence-electron chi connectivity index (χ3n) is 2.71. The predicted molar refractivity (Wildman–Crippen MR) is 83.9 cm³/mol. The summed E-state index contributed by atoms with van der Waals surface area (Å²) in [5, 5.41) is 2.81. The van der Waals surface area contributed by atoms with E-state index in [0.717, 1.165) is 15.7 Å². The highest BCUT2D eigenvalue weighted by molar-refractivity contribution is 9.10. The van der Waals surface area contributed by atoms with E-state index >= 15 is 0 Å². The van der Waals surface area contributed by atoms with Crippen LogP contribution in [0.15, 0.2) is 46.9 Å². The molecule has 0 aliphatic carbocycles.